The minimum atomic E-state index is 0.123. The van der Waals surface area contributed by atoms with Crippen molar-refractivity contribution < 1.29 is 14.3 Å². The maximum atomic E-state index is 12.3. The van der Waals surface area contributed by atoms with Gasteiger partial charge in [0.05, 0.1) is 19.8 Å². The summed E-state index contributed by atoms with van der Waals surface area (Å²) in [6, 6.07) is 7.55. The van der Waals surface area contributed by atoms with Crippen LogP contribution in [0.2, 0.25) is 0 Å². The number of likely N-dealkylation sites (N-methyl/N-ethyl adjacent to an activating group) is 1. The zero-order valence-electron chi connectivity index (χ0n) is 12.9. The van der Waals surface area contributed by atoms with E-state index in [2.05, 4.69) is 18.7 Å². The van der Waals surface area contributed by atoms with E-state index < -0.39 is 0 Å². The Hall–Kier alpha value is -1.39. The quantitative estimate of drug-likeness (QED) is 0.651. The monoisotopic (exact) mass is 279 g/mol. The van der Waals surface area contributed by atoms with E-state index in [9.17, 15) is 4.79 Å². The van der Waals surface area contributed by atoms with Crippen LogP contribution in [0.4, 0.5) is 0 Å². The molecule has 1 atom stereocenters. The Labute approximate surface area is 121 Å². The second kappa shape index (κ2) is 8.72. The van der Waals surface area contributed by atoms with Gasteiger partial charge < -0.3 is 9.47 Å². The molecule has 0 N–H and O–H groups in total. The molecule has 1 aromatic rings. The van der Waals surface area contributed by atoms with Gasteiger partial charge in [0.2, 0.25) is 0 Å². The van der Waals surface area contributed by atoms with Crippen molar-refractivity contribution in [1.82, 2.24) is 4.90 Å². The van der Waals surface area contributed by atoms with Crippen molar-refractivity contribution in [3.8, 4) is 5.75 Å². The number of rotatable bonds is 9. The van der Waals surface area contributed by atoms with E-state index in [0.717, 1.165) is 17.9 Å². The molecule has 1 unspecified atom stereocenters. The topological polar surface area (TPSA) is 38.8 Å². The average Bonchev–Trinajstić information content (AvgIpc) is 2.45. The van der Waals surface area contributed by atoms with Gasteiger partial charge in [0.1, 0.15) is 5.75 Å². The number of methoxy groups -OCH3 is 1. The summed E-state index contributed by atoms with van der Waals surface area (Å²) < 4.78 is 10.5. The smallest absolute Gasteiger partial charge is 0.176 e. The Morgan fingerprint density at radius 2 is 1.90 bits per heavy atom. The Balaban J connectivity index is 2.64. The summed E-state index contributed by atoms with van der Waals surface area (Å²) in [5, 5.41) is 0. The van der Waals surface area contributed by atoms with E-state index >= 15 is 0 Å². The Kier molecular flexibility index (Phi) is 7.26. The maximum Gasteiger partial charge on any atom is 0.176 e. The van der Waals surface area contributed by atoms with Crippen LogP contribution in [0.1, 0.15) is 31.1 Å². The zero-order valence-corrected chi connectivity index (χ0v) is 12.9. The number of ether oxygens (including phenoxy) is 2. The van der Waals surface area contributed by atoms with Gasteiger partial charge in [-0.1, -0.05) is 6.92 Å². The Bertz CT molecular complexity index is 403. The lowest BCUT2D eigenvalue weighted by molar-refractivity contribution is 0.0788. The van der Waals surface area contributed by atoms with Crippen molar-refractivity contribution in [2.45, 2.75) is 26.8 Å². The molecule has 0 fully saturated rings. The molecule has 4 heteroatoms. The first-order valence-corrected chi connectivity index (χ1v) is 7.11. The largest absolute Gasteiger partial charge is 0.494 e. The summed E-state index contributed by atoms with van der Waals surface area (Å²) in [5.74, 6) is 0.919. The fraction of sp³-hybridized carbons (Fsp3) is 0.562. The first-order valence-electron chi connectivity index (χ1n) is 7.11. The zero-order chi connectivity index (χ0) is 15.0. The molecule has 0 saturated heterocycles. The normalized spacial score (nSPS) is 12.4. The molecule has 0 aliphatic heterocycles. The van der Waals surface area contributed by atoms with Gasteiger partial charge in [0.15, 0.2) is 5.78 Å². The molecule has 112 valence electrons. The number of Topliss-reactive ketones (excluding diaryl/α,β-unsaturated/α-hetero) is 1. The molecule has 4 nitrogen and oxygen atoms in total. The highest BCUT2D eigenvalue weighted by molar-refractivity contribution is 5.97. The molecule has 1 aromatic carbocycles. The Morgan fingerprint density at radius 1 is 1.25 bits per heavy atom. The SMILES string of the molecule is CCOc1ccc(C(=O)CN(CC)C(C)COC)cc1. The van der Waals surface area contributed by atoms with Crippen molar-refractivity contribution >= 4 is 5.78 Å². The van der Waals surface area contributed by atoms with Crippen LogP contribution in [0.3, 0.4) is 0 Å². The van der Waals surface area contributed by atoms with Gasteiger partial charge in [-0.25, -0.2) is 0 Å². The van der Waals surface area contributed by atoms with E-state index in [1.54, 1.807) is 7.11 Å². The lowest BCUT2D eigenvalue weighted by Crippen LogP contribution is -2.39. The van der Waals surface area contributed by atoms with Crippen LogP contribution >= 0.6 is 0 Å². The highest BCUT2D eigenvalue weighted by Gasteiger charge is 2.16. The van der Waals surface area contributed by atoms with E-state index in [4.69, 9.17) is 9.47 Å². The molecule has 0 aromatic heterocycles. The molecule has 20 heavy (non-hydrogen) atoms. The van der Waals surface area contributed by atoms with Crippen molar-refractivity contribution in [2.75, 3.05) is 33.4 Å². The minimum Gasteiger partial charge on any atom is -0.494 e. The number of benzene rings is 1. The molecule has 0 spiro atoms. The highest BCUT2D eigenvalue weighted by Crippen LogP contribution is 2.13. The molecule has 0 aliphatic rings. The minimum absolute atomic E-state index is 0.123. The first kappa shape index (κ1) is 16.7. The van der Waals surface area contributed by atoms with E-state index in [1.807, 2.05) is 31.2 Å². The van der Waals surface area contributed by atoms with Crippen LogP contribution in [0.15, 0.2) is 24.3 Å². The molecule has 0 saturated carbocycles. The van der Waals surface area contributed by atoms with Gasteiger partial charge in [-0.3, -0.25) is 9.69 Å². The molecular weight excluding hydrogens is 254 g/mol. The van der Waals surface area contributed by atoms with Crippen molar-refractivity contribution in [1.29, 1.82) is 0 Å². The van der Waals surface area contributed by atoms with Crippen LogP contribution in [0.5, 0.6) is 5.75 Å². The van der Waals surface area contributed by atoms with Crippen molar-refractivity contribution in [2.24, 2.45) is 0 Å². The van der Waals surface area contributed by atoms with Crippen LogP contribution in [-0.2, 0) is 4.74 Å². The number of carbonyl (C=O) groups excluding carboxylic acids is 1. The number of carbonyl (C=O) groups is 1. The van der Waals surface area contributed by atoms with Crippen LogP contribution in [0, 0.1) is 0 Å². The fourth-order valence-corrected chi connectivity index (χ4v) is 2.11. The third-order valence-corrected chi connectivity index (χ3v) is 3.27. The standard InChI is InChI=1S/C16H25NO3/c1-5-17(13(3)12-19-4)11-16(18)14-7-9-15(10-8-14)20-6-2/h7-10,13H,5-6,11-12H2,1-4H3. The molecule has 1 rings (SSSR count). The average molecular weight is 279 g/mol. The summed E-state index contributed by atoms with van der Waals surface area (Å²) in [6.07, 6.45) is 0. The van der Waals surface area contributed by atoms with Gasteiger partial charge in [0, 0.05) is 18.7 Å². The van der Waals surface area contributed by atoms with Crippen LogP contribution in [-0.4, -0.2) is 50.1 Å². The predicted molar refractivity (Wildman–Crippen MR) is 80.5 cm³/mol. The van der Waals surface area contributed by atoms with Crippen molar-refractivity contribution in [3.63, 3.8) is 0 Å². The molecule has 0 aliphatic carbocycles. The highest BCUT2D eigenvalue weighted by atomic mass is 16.5. The van der Waals surface area contributed by atoms with E-state index in [-0.39, 0.29) is 11.8 Å². The molecule has 0 amide bonds. The number of hydrogen-bond acceptors (Lipinski definition) is 4. The van der Waals surface area contributed by atoms with Gasteiger partial charge in [-0.05, 0) is 44.7 Å². The summed E-state index contributed by atoms with van der Waals surface area (Å²) >= 11 is 0. The number of ketones is 1. The summed E-state index contributed by atoms with van der Waals surface area (Å²) in [4.78, 5) is 14.4. The van der Waals surface area contributed by atoms with Crippen LogP contribution < -0.4 is 4.74 Å². The number of hydrogen-bond donors (Lipinski definition) is 0. The summed E-state index contributed by atoms with van der Waals surface area (Å²) in [7, 11) is 1.68. The molecule has 0 heterocycles. The second-order valence-corrected chi connectivity index (χ2v) is 4.75. The number of nitrogens with zero attached hydrogens (tertiary/aromatic N) is 1. The fourth-order valence-electron chi connectivity index (χ4n) is 2.11. The third-order valence-electron chi connectivity index (χ3n) is 3.27. The molecule has 0 bridgehead atoms. The van der Waals surface area contributed by atoms with Gasteiger partial charge in [-0.2, -0.15) is 0 Å². The third kappa shape index (κ3) is 4.94. The lowest BCUT2D eigenvalue weighted by atomic mass is 10.1. The van der Waals surface area contributed by atoms with Gasteiger partial charge in [0.25, 0.3) is 0 Å². The Morgan fingerprint density at radius 3 is 2.40 bits per heavy atom. The second-order valence-electron chi connectivity index (χ2n) is 4.75. The predicted octanol–water partition coefficient (Wildman–Crippen LogP) is 2.62. The lowest BCUT2D eigenvalue weighted by Gasteiger charge is -2.26. The van der Waals surface area contributed by atoms with Gasteiger partial charge >= 0.3 is 0 Å². The molecular formula is C16H25NO3. The van der Waals surface area contributed by atoms with E-state index in [0.29, 0.717) is 19.8 Å². The molecule has 0 radical (unpaired) electrons. The van der Waals surface area contributed by atoms with Crippen LogP contribution in [0.25, 0.3) is 0 Å². The van der Waals surface area contributed by atoms with Gasteiger partial charge in [-0.15, -0.1) is 0 Å². The van der Waals surface area contributed by atoms with Crippen molar-refractivity contribution in [3.05, 3.63) is 29.8 Å². The summed E-state index contributed by atoms with van der Waals surface area (Å²) in [6.45, 7) is 8.56. The summed E-state index contributed by atoms with van der Waals surface area (Å²) in [5.41, 5.74) is 0.719. The first-order chi connectivity index (χ1) is 9.62. The maximum absolute atomic E-state index is 12.3. The van der Waals surface area contributed by atoms with E-state index in [1.165, 1.54) is 0 Å².